The van der Waals surface area contributed by atoms with Crippen LogP contribution in [0, 0.1) is 0 Å². The third-order valence-electron chi connectivity index (χ3n) is 4.26. The van der Waals surface area contributed by atoms with E-state index in [9.17, 15) is 14.7 Å². The molecule has 0 saturated carbocycles. The van der Waals surface area contributed by atoms with Crippen LogP contribution in [-0.4, -0.2) is 29.6 Å². The van der Waals surface area contributed by atoms with Crippen molar-refractivity contribution >= 4 is 17.6 Å². The van der Waals surface area contributed by atoms with Crippen LogP contribution < -0.4 is 10.2 Å². The molecule has 1 unspecified atom stereocenters. The van der Waals surface area contributed by atoms with Gasteiger partial charge in [0.25, 0.3) is 0 Å². The van der Waals surface area contributed by atoms with Crippen molar-refractivity contribution in [2.45, 2.75) is 25.4 Å². The minimum absolute atomic E-state index is 0.0544. The van der Waals surface area contributed by atoms with Crippen molar-refractivity contribution in [1.29, 1.82) is 0 Å². The van der Waals surface area contributed by atoms with E-state index >= 15 is 0 Å². The summed E-state index contributed by atoms with van der Waals surface area (Å²) in [4.78, 5) is 25.8. The predicted octanol–water partition coefficient (Wildman–Crippen LogP) is 2.21. The predicted molar refractivity (Wildman–Crippen MR) is 91.8 cm³/mol. The Morgan fingerprint density at radius 1 is 1.08 bits per heavy atom. The van der Waals surface area contributed by atoms with Crippen molar-refractivity contribution in [2.75, 3.05) is 11.4 Å². The van der Waals surface area contributed by atoms with Crippen molar-refractivity contribution in [3.63, 3.8) is 0 Å². The first-order valence-electron chi connectivity index (χ1n) is 8.03. The number of carbonyl (C=O) groups excluding carboxylic acids is 1. The Labute approximate surface area is 140 Å². The van der Waals surface area contributed by atoms with Crippen LogP contribution in [0.15, 0.2) is 54.6 Å². The Hall–Kier alpha value is -2.66. The fraction of sp³-hybridized carbons (Fsp3) is 0.263. The first kappa shape index (κ1) is 16.2. The first-order valence-corrected chi connectivity index (χ1v) is 8.03. The number of benzene rings is 2. The highest BCUT2D eigenvalue weighted by Gasteiger charge is 2.29. The maximum Gasteiger partial charge on any atom is 0.322 e. The third-order valence-corrected chi connectivity index (χ3v) is 4.26. The Morgan fingerprint density at radius 3 is 2.54 bits per heavy atom. The zero-order valence-corrected chi connectivity index (χ0v) is 13.3. The van der Waals surface area contributed by atoms with E-state index in [-0.39, 0.29) is 12.5 Å². The van der Waals surface area contributed by atoms with Gasteiger partial charge in [0.15, 0.2) is 0 Å². The molecule has 2 aromatic rings. The number of nitrogens with zero attached hydrogens (tertiary/aromatic N) is 1. The lowest BCUT2D eigenvalue weighted by atomic mass is 10.1. The van der Waals surface area contributed by atoms with Crippen molar-refractivity contribution in [2.24, 2.45) is 0 Å². The maximum atomic E-state index is 12.8. The highest BCUT2D eigenvalue weighted by atomic mass is 16.4. The Bertz CT molecular complexity index is 730. The van der Waals surface area contributed by atoms with E-state index < -0.39 is 12.0 Å². The maximum absolute atomic E-state index is 12.8. The summed E-state index contributed by atoms with van der Waals surface area (Å²) in [6.45, 7) is 0.579. The molecule has 0 saturated heterocycles. The van der Waals surface area contributed by atoms with E-state index in [0.717, 1.165) is 16.8 Å². The first-order chi connectivity index (χ1) is 11.6. The monoisotopic (exact) mass is 324 g/mol. The number of hydrogen-bond donors (Lipinski definition) is 2. The van der Waals surface area contributed by atoms with Gasteiger partial charge in [-0.3, -0.25) is 14.9 Å². The van der Waals surface area contributed by atoms with E-state index in [1.54, 1.807) is 4.90 Å². The minimum atomic E-state index is -0.941. The van der Waals surface area contributed by atoms with Crippen LogP contribution in [0.4, 0.5) is 5.69 Å². The molecule has 5 nitrogen and oxygen atoms in total. The molecule has 2 aromatic carbocycles. The summed E-state index contributed by atoms with van der Waals surface area (Å²) in [5.74, 6) is -0.995. The summed E-state index contributed by atoms with van der Waals surface area (Å²) in [6, 6.07) is 16.6. The minimum Gasteiger partial charge on any atom is -0.480 e. The van der Waals surface area contributed by atoms with Gasteiger partial charge < -0.3 is 10.0 Å². The lowest BCUT2D eigenvalue weighted by molar-refractivity contribution is -0.139. The smallest absolute Gasteiger partial charge is 0.322 e. The molecule has 2 N–H and O–H groups in total. The average Bonchev–Trinajstić information content (AvgIpc) is 2.81. The summed E-state index contributed by atoms with van der Waals surface area (Å²) < 4.78 is 0. The number of aliphatic carboxylic acids is 1. The normalized spacial score (nSPS) is 17.0. The zero-order valence-electron chi connectivity index (χ0n) is 13.3. The van der Waals surface area contributed by atoms with Crippen LogP contribution in [0.1, 0.15) is 17.5 Å². The molecule has 1 heterocycles. The van der Waals surface area contributed by atoms with E-state index in [0.29, 0.717) is 19.4 Å². The zero-order chi connectivity index (χ0) is 16.9. The Balaban J connectivity index is 1.79. The van der Waals surface area contributed by atoms with Gasteiger partial charge in [-0.05, 0) is 23.6 Å². The number of rotatable bonds is 4. The second-order valence-corrected chi connectivity index (χ2v) is 5.89. The molecule has 0 bridgehead atoms. The number of hydrogen-bond acceptors (Lipinski definition) is 3. The molecule has 3 rings (SSSR count). The standard InChI is InChI=1S/C19H20N2O3/c22-18(11-10-14-6-2-1-3-7-14)21-13-16(19(23)24)20-12-15-8-4-5-9-17(15)21/h1-9,16,20H,10-13H2,(H,23,24). The van der Waals surface area contributed by atoms with Crippen LogP contribution in [0.2, 0.25) is 0 Å². The molecule has 5 heteroatoms. The molecule has 1 atom stereocenters. The fourth-order valence-corrected chi connectivity index (χ4v) is 2.93. The van der Waals surface area contributed by atoms with Crippen molar-refractivity contribution in [1.82, 2.24) is 5.32 Å². The number of carbonyl (C=O) groups is 2. The number of carboxylic acid groups (broad SMARTS) is 1. The summed E-state index contributed by atoms with van der Waals surface area (Å²) in [6.07, 6.45) is 0.994. The Kier molecular flexibility index (Phi) is 4.91. The quantitative estimate of drug-likeness (QED) is 0.905. The van der Waals surface area contributed by atoms with E-state index in [4.69, 9.17) is 0 Å². The van der Waals surface area contributed by atoms with Gasteiger partial charge >= 0.3 is 5.97 Å². The summed E-state index contributed by atoms with van der Waals surface area (Å²) in [5.41, 5.74) is 2.84. The molecule has 1 amide bonds. The highest BCUT2D eigenvalue weighted by molar-refractivity contribution is 5.95. The molecule has 124 valence electrons. The van der Waals surface area contributed by atoms with Crippen LogP contribution >= 0.6 is 0 Å². The number of nitrogens with one attached hydrogen (secondary N) is 1. The number of amides is 1. The van der Waals surface area contributed by atoms with Crippen LogP contribution in [0.3, 0.4) is 0 Å². The second-order valence-electron chi connectivity index (χ2n) is 5.89. The van der Waals surface area contributed by atoms with Gasteiger partial charge in [0.1, 0.15) is 6.04 Å². The van der Waals surface area contributed by atoms with E-state index in [2.05, 4.69) is 5.32 Å². The van der Waals surface area contributed by atoms with Gasteiger partial charge in [-0.25, -0.2) is 0 Å². The molecule has 0 fully saturated rings. The molecule has 0 aliphatic carbocycles. The topological polar surface area (TPSA) is 69.6 Å². The average molecular weight is 324 g/mol. The third kappa shape index (κ3) is 3.63. The van der Waals surface area contributed by atoms with Crippen LogP contribution in [0.5, 0.6) is 0 Å². The number of para-hydroxylation sites is 1. The molecular weight excluding hydrogens is 304 g/mol. The van der Waals surface area contributed by atoms with Crippen molar-refractivity contribution in [3.8, 4) is 0 Å². The molecule has 0 radical (unpaired) electrons. The summed E-state index contributed by atoms with van der Waals surface area (Å²) in [5, 5.41) is 12.4. The van der Waals surface area contributed by atoms with Gasteiger partial charge in [0, 0.05) is 18.7 Å². The van der Waals surface area contributed by atoms with Gasteiger partial charge in [-0.2, -0.15) is 0 Å². The van der Waals surface area contributed by atoms with Crippen molar-refractivity contribution < 1.29 is 14.7 Å². The van der Waals surface area contributed by atoms with E-state index in [1.807, 2.05) is 54.6 Å². The van der Waals surface area contributed by atoms with Gasteiger partial charge in [-0.15, -0.1) is 0 Å². The Morgan fingerprint density at radius 2 is 1.79 bits per heavy atom. The lowest BCUT2D eigenvalue weighted by Gasteiger charge is -2.24. The number of fused-ring (bicyclic) bond motifs is 1. The van der Waals surface area contributed by atoms with Crippen molar-refractivity contribution in [3.05, 3.63) is 65.7 Å². The van der Waals surface area contributed by atoms with E-state index in [1.165, 1.54) is 0 Å². The fourth-order valence-electron chi connectivity index (χ4n) is 2.93. The molecular formula is C19H20N2O3. The highest BCUT2D eigenvalue weighted by Crippen LogP contribution is 2.24. The SMILES string of the molecule is O=C(O)C1CN(C(=O)CCc2ccccc2)c2ccccc2CN1. The molecule has 0 spiro atoms. The molecule has 0 aromatic heterocycles. The number of aryl methyl sites for hydroxylation is 1. The van der Waals surface area contributed by atoms with Gasteiger partial charge in [0.2, 0.25) is 5.91 Å². The molecule has 24 heavy (non-hydrogen) atoms. The van der Waals surface area contributed by atoms with Gasteiger partial charge in [-0.1, -0.05) is 48.5 Å². The van der Waals surface area contributed by atoms with Crippen LogP contribution in [0.25, 0.3) is 0 Å². The summed E-state index contributed by atoms with van der Waals surface area (Å²) in [7, 11) is 0. The second kappa shape index (κ2) is 7.27. The summed E-state index contributed by atoms with van der Waals surface area (Å²) >= 11 is 0. The lowest BCUT2D eigenvalue weighted by Crippen LogP contribution is -2.45. The molecule has 1 aliphatic heterocycles. The largest absolute Gasteiger partial charge is 0.480 e. The molecule has 1 aliphatic rings. The number of carboxylic acids is 1. The number of anilines is 1. The van der Waals surface area contributed by atoms with Crippen LogP contribution in [-0.2, 0) is 22.6 Å². The van der Waals surface area contributed by atoms with Gasteiger partial charge in [0.05, 0.1) is 6.54 Å².